The summed E-state index contributed by atoms with van der Waals surface area (Å²) in [5.41, 5.74) is 2.56. The number of ether oxygens (including phenoxy) is 1. The van der Waals surface area contributed by atoms with Gasteiger partial charge in [0, 0.05) is 0 Å². The molecule has 0 saturated carbocycles. The van der Waals surface area contributed by atoms with E-state index in [4.69, 9.17) is 9.15 Å². The van der Waals surface area contributed by atoms with Crippen molar-refractivity contribution < 1.29 is 18.3 Å². The predicted molar refractivity (Wildman–Crippen MR) is 121 cm³/mol. The molecule has 4 rings (SSSR count). The van der Waals surface area contributed by atoms with Crippen molar-refractivity contribution in [1.82, 2.24) is 20.8 Å². The Morgan fingerprint density at radius 1 is 1.09 bits per heavy atom. The minimum atomic E-state index is -0.294. The van der Waals surface area contributed by atoms with Crippen molar-refractivity contribution >= 4 is 29.0 Å². The van der Waals surface area contributed by atoms with Crippen LogP contribution in [-0.4, -0.2) is 30.3 Å². The summed E-state index contributed by atoms with van der Waals surface area (Å²) in [6.45, 7) is 0.875. The third-order valence-corrected chi connectivity index (χ3v) is 4.95. The van der Waals surface area contributed by atoms with Gasteiger partial charge in [-0.3, -0.25) is 9.89 Å². The van der Waals surface area contributed by atoms with E-state index in [9.17, 15) is 9.18 Å². The maximum Gasteiger partial charge on any atom is 0.255 e. The molecule has 0 fully saturated rings. The minimum absolute atomic E-state index is 0.256. The van der Waals surface area contributed by atoms with Crippen LogP contribution in [0, 0.1) is 5.82 Å². The van der Waals surface area contributed by atoms with Crippen LogP contribution in [0.1, 0.15) is 33.1 Å². The number of nitrogens with one attached hydrogen (secondary N) is 3. The number of aromatic nitrogens is 2. The number of benzene rings is 2. The number of carbonyl (C=O) groups excluding carboxylic acids is 1. The molecule has 0 atom stereocenters. The number of hydrogen-bond acceptors (Lipinski definition) is 5. The SMILES string of the molecule is CNCc1ccc(CNC(=O)c2ccc3[nH]nc(C=Cc4ccc(F)cc4)c3c2OC)o1. The summed E-state index contributed by atoms with van der Waals surface area (Å²) < 4.78 is 24.4. The number of nitrogens with zero attached hydrogens (tertiary/aromatic N) is 1. The highest BCUT2D eigenvalue weighted by Crippen LogP contribution is 2.32. The molecule has 32 heavy (non-hydrogen) atoms. The normalized spacial score (nSPS) is 11.3. The molecule has 0 aliphatic carbocycles. The quantitative estimate of drug-likeness (QED) is 0.388. The Hall–Kier alpha value is -3.91. The van der Waals surface area contributed by atoms with Crippen LogP contribution in [0.2, 0.25) is 0 Å². The van der Waals surface area contributed by atoms with Crippen molar-refractivity contribution in [2.24, 2.45) is 0 Å². The number of carbonyl (C=O) groups is 1. The van der Waals surface area contributed by atoms with Crippen LogP contribution in [0.25, 0.3) is 23.1 Å². The Bertz CT molecular complexity index is 1260. The summed E-state index contributed by atoms with van der Waals surface area (Å²) in [6.07, 6.45) is 3.61. The monoisotopic (exact) mass is 434 g/mol. The highest BCUT2D eigenvalue weighted by Gasteiger charge is 2.19. The zero-order valence-electron chi connectivity index (χ0n) is 17.7. The lowest BCUT2D eigenvalue weighted by molar-refractivity contribution is 0.0945. The molecule has 2 aromatic carbocycles. The molecule has 2 aromatic heterocycles. The Kier molecular flexibility index (Phi) is 6.32. The summed E-state index contributed by atoms with van der Waals surface area (Å²) in [5.74, 6) is 1.30. The van der Waals surface area contributed by atoms with Crippen molar-refractivity contribution in [3.8, 4) is 5.75 Å². The van der Waals surface area contributed by atoms with E-state index in [0.29, 0.717) is 34.7 Å². The summed E-state index contributed by atoms with van der Waals surface area (Å²) >= 11 is 0. The van der Waals surface area contributed by atoms with Crippen LogP contribution in [0.5, 0.6) is 5.75 Å². The molecular weight excluding hydrogens is 411 g/mol. The zero-order chi connectivity index (χ0) is 22.5. The van der Waals surface area contributed by atoms with Gasteiger partial charge in [0.1, 0.15) is 23.1 Å². The van der Waals surface area contributed by atoms with E-state index in [0.717, 1.165) is 16.8 Å². The maximum absolute atomic E-state index is 13.1. The molecule has 0 bridgehead atoms. The molecule has 0 radical (unpaired) electrons. The summed E-state index contributed by atoms with van der Waals surface area (Å²) in [7, 11) is 3.36. The van der Waals surface area contributed by atoms with Crippen LogP contribution >= 0.6 is 0 Å². The van der Waals surface area contributed by atoms with Gasteiger partial charge in [0.2, 0.25) is 0 Å². The topological polar surface area (TPSA) is 92.2 Å². The fourth-order valence-corrected chi connectivity index (χ4v) is 3.42. The van der Waals surface area contributed by atoms with Gasteiger partial charge in [0.05, 0.1) is 42.4 Å². The average molecular weight is 434 g/mol. The molecule has 164 valence electrons. The van der Waals surface area contributed by atoms with E-state index in [1.807, 2.05) is 25.3 Å². The van der Waals surface area contributed by atoms with Gasteiger partial charge in [-0.15, -0.1) is 0 Å². The van der Waals surface area contributed by atoms with Crippen molar-refractivity contribution in [2.75, 3.05) is 14.2 Å². The number of hydrogen-bond donors (Lipinski definition) is 3. The lowest BCUT2D eigenvalue weighted by Crippen LogP contribution is -2.23. The van der Waals surface area contributed by atoms with Crippen molar-refractivity contribution in [1.29, 1.82) is 0 Å². The number of rotatable bonds is 8. The van der Waals surface area contributed by atoms with Gasteiger partial charge in [-0.1, -0.05) is 18.2 Å². The third kappa shape index (κ3) is 4.55. The fourth-order valence-electron chi connectivity index (χ4n) is 3.42. The number of aromatic amines is 1. The summed E-state index contributed by atoms with van der Waals surface area (Å²) in [4.78, 5) is 12.9. The van der Waals surface area contributed by atoms with Crippen molar-refractivity contribution in [3.63, 3.8) is 0 Å². The first-order valence-electron chi connectivity index (χ1n) is 10.1. The molecule has 3 N–H and O–H groups in total. The second-order valence-corrected chi connectivity index (χ2v) is 7.14. The number of H-pyrrole nitrogens is 1. The Labute approximate surface area is 184 Å². The zero-order valence-corrected chi connectivity index (χ0v) is 17.7. The molecule has 1 amide bonds. The molecule has 2 heterocycles. The Morgan fingerprint density at radius 2 is 1.84 bits per heavy atom. The van der Waals surface area contributed by atoms with Gasteiger partial charge >= 0.3 is 0 Å². The summed E-state index contributed by atoms with van der Waals surface area (Å²) in [6, 6.07) is 13.3. The molecule has 4 aromatic rings. The highest BCUT2D eigenvalue weighted by molar-refractivity contribution is 6.05. The molecule has 8 heteroatoms. The number of furan rings is 1. The fraction of sp³-hybridized carbons (Fsp3) is 0.167. The second kappa shape index (κ2) is 9.49. The number of methoxy groups -OCH3 is 1. The Balaban J connectivity index is 1.58. The van der Waals surface area contributed by atoms with Gasteiger partial charge in [-0.2, -0.15) is 5.10 Å². The van der Waals surface area contributed by atoms with E-state index in [2.05, 4.69) is 20.8 Å². The van der Waals surface area contributed by atoms with Crippen LogP contribution in [0.4, 0.5) is 4.39 Å². The molecule has 0 unspecified atom stereocenters. The number of amides is 1. The van der Waals surface area contributed by atoms with E-state index in [1.165, 1.54) is 19.2 Å². The third-order valence-electron chi connectivity index (χ3n) is 4.95. The van der Waals surface area contributed by atoms with Crippen LogP contribution in [0.15, 0.2) is 52.9 Å². The van der Waals surface area contributed by atoms with Crippen LogP contribution in [-0.2, 0) is 13.1 Å². The second-order valence-electron chi connectivity index (χ2n) is 7.14. The first-order chi connectivity index (χ1) is 15.6. The first kappa shape index (κ1) is 21.3. The Morgan fingerprint density at radius 3 is 2.56 bits per heavy atom. The molecule has 0 saturated heterocycles. The summed E-state index contributed by atoms with van der Waals surface area (Å²) in [5, 5.41) is 13.9. The van der Waals surface area contributed by atoms with Crippen molar-refractivity contribution in [2.45, 2.75) is 13.1 Å². The molecule has 0 aliphatic rings. The smallest absolute Gasteiger partial charge is 0.255 e. The van der Waals surface area contributed by atoms with Crippen LogP contribution < -0.4 is 15.4 Å². The minimum Gasteiger partial charge on any atom is -0.495 e. The first-order valence-corrected chi connectivity index (χ1v) is 10.1. The van der Waals surface area contributed by atoms with Gasteiger partial charge in [0.25, 0.3) is 5.91 Å². The van der Waals surface area contributed by atoms with E-state index in [1.54, 1.807) is 30.3 Å². The van der Waals surface area contributed by atoms with Gasteiger partial charge in [-0.05, 0) is 55.1 Å². The molecular formula is C24H23FN4O3. The number of fused-ring (bicyclic) bond motifs is 1. The standard InChI is InChI=1S/C24H23FN4O3/c1-26-13-17-8-9-18(32-17)14-27-24(30)19-10-12-21-22(23(19)31-2)20(28-29-21)11-5-15-3-6-16(25)7-4-15/h3-12,26H,13-14H2,1-2H3,(H,27,30)(H,28,29). The van der Waals surface area contributed by atoms with Crippen LogP contribution in [0.3, 0.4) is 0 Å². The van der Waals surface area contributed by atoms with Gasteiger partial charge in [0.15, 0.2) is 0 Å². The van der Waals surface area contributed by atoms with E-state index in [-0.39, 0.29) is 18.3 Å². The largest absolute Gasteiger partial charge is 0.495 e. The van der Waals surface area contributed by atoms with E-state index >= 15 is 0 Å². The molecule has 0 aliphatic heterocycles. The highest BCUT2D eigenvalue weighted by atomic mass is 19.1. The number of halogens is 1. The lowest BCUT2D eigenvalue weighted by atomic mass is 10.1. The van der Waals surface area contributed by atoms with Gasteiger partial charge in [-0.25, -0.2) is 4.39 Å². The molecule has 7 nitrogen and oxygen atoms in total. The lowest BCUT2D eigenvalue weighted by Gasteiger charge is -2.10. The van der Waals surface area contributed by atoms with Gasteiger partial charge < -0.3 is 19.8 Å². The predicted octanol–water partition coefficient (Wildman–Crippen LogP) is 4.12. The van der Waals surface area contributed by atoms with Crippen molar-refractivity contribution in [3.05, 3.63) is 82.7 Å². The average Bonchev–Trinajstić information content (AvgIpc) is 3.43. The van der Waals surface area contributed by atoms with E-state index < -0.39 is 0 Å². The maximum atomic E-state index is 13.1. The molecule has 0 spiro atoms.